The summed E-state index contributed by atoms with van der Waals surface area (Å²) >= 11 is 0. The quantitative estimate of drug-likeness (QED) is 0.622. The van der Waals surface area contributed by atoms with Crippen LogP contribution in [0.4, 0.5) is 5.69 Å². The summed E-state index contributed by atoms with van der Waals surface area (Å²) < 4.78 is 5.73. The van der Waals surface area contributed by atoms with Gasteiger partial charge in [-0.3, -0.25) is 14.4 Å². The van der Waals surface area contributed by atoms with Gasteiger partial charge in [0.05, 0.1) is 11.1 Å². The van der Waals surface area contributed by atoms with Gasteiger partial charge in [-0.1, -0.05) is 25.1 Å². The van der Waals surface area contributed by atoms with Gasteiger partial charge in [-0.15, -0.1) is 6.58 Å². The number of rotatable bonds is 4. The fourth-order valence-corrected chi connectivity index (χ4v) is 4.52. The van der Waals surface area contributed by atoms with E-state index in [1.54, 1.807) is 26.0 Å². The summed E-state index contributed by atoms with van der Waals surface area (Å²) in [4.78, 5) is 39.8. The number of hydrogen-bond acceptors (Lipinski definition) is 5. The Morgan fingerprint density at radius 2 is 2.03 bits per heavy atom. The first-order chi connectivity index (χ1) is 13.6. The smallest absolute Gasteiger partial charge is 0.302 e. The zero-order valence-electron chi connectivity index (χ0n) is 17.8. The van der Waals surface area contributed by atoms with Crippen LogP contribution in [0.5, 0.6) is 0 Å². The van der Waals surface area contributed by atoms with Crippen LogP contribution in [0, 0.1) is 11.3 Å². The molecule has 1 amide bonds. The summed E-state index contributed by atoms with van der Waals surface area (Å²) in [6.45, 7) is 11.5. The molecule has 1 aromatic carbocycles. The Hall–Kier alpha value is -2.47. The molecule has 0 unspecified atom stereocenters. The number of nitrogens with zero attached hydrogens (tertiary/aromatic N) is 1. The van der Waals surface area contributed by atoms with Crippen molar-refractivity contribution in [3.8, 4) is 0 Å². The molecule has 4 atom stereocenters. The minimum absolute atomic E-state index is 0.00321. The number of ether oxygens (including phenoxy) is 1. The number of likely N-dealkylation sites (tertiary alicyclic amines) is 1. The molecule has 0 saturated carbocycles. The van der Waals surface area contributed by atoms with Crippen LogP contribution in [0.25, 0.3) is 0 Å². The standard InChI is InChI=1S/C23H30N2O4/c1-7-23(4,5)22(28)24-16-10-8-9-15-19(16)18(27)11-17-20(15)21(29-14(3)26)13(2)12-25(17)6/h7-10,13,17,20-21H,1,11-12H2,2-6H3,(H,24,28)/t13-,17+,20-,21+/m0/s1. The maximum absolute atomic E-state index is 13.1. The molecule has 156 valence electrons. The number of carbonyl (C=O) groups is 3. The van der Waals surface area contributed by atoms with Crippen LogP contribution in [0.2, 0.25) is 0 Å². The molecule has 29 heavy (non-hydrogen) atoms. The van der Waals surface area contributed by atoms with E-state index >= 15 is 0 Å². The Kier molecular flexibility index (Phi) is 5.68. The number of benzene rings is 1. The molecule has 1 saturated heterocycles. The van der Waals surface area contributed by atoms with Crippen molar-refractivity contribution in [2.24, 2.45) is 11.3 Å². The van der Waals surface area contributed by atoms with E-state index in [1.165, 1.54) is 6.92 Å². The van der Waals surface area contributed by atoms with Crippen LogP contribution in [0.1, 0.15) is 56.0 Å². The molecule has 2 aliphatic rings. The lowest BCUT2D eigenvalue weighted by molar-refractivity contribution is -0.155. The maximum Gasteiger partial charge on any atom is 0.302 e. The minimum Gasteiger partial charge on any atom is -0.462 e. The Morgan fingerprint density at radius 1 is 1.34 bits per heavy atom. The van der Waals surface area contributed by atoms with E-state index in [1.807, 2.05) is 19.2 Å². The number of nitrogens with one attached hydrogen (secondary N) is 1. The molecule has 3 rings (SSSR count). The molecule has 1 fully saturated rings. The molecule has 1 N–H and O–H groups in total. The van der Waals surface area contributed by atoms with E-state index in [0.29, 0.717) is 17.7 Å². The van der Waals surface area contributed by atoms with Crippen molar-refractivity contribution >= 4 is 23.3 Å². The number of anilines is 1. The van der Waals surface area contributed by atoms with Crippen molar-refractivity contribution in [2.45, 2.75) is 52.2 Å². The van der Waals surface area contributed by atoms with Gasteiger partial charge in [0.1, 0.15) is 6.10 Å². The van der Waals surface area contributed by atoms with Crippen LogP contribution in [0.15, 0.2) is 30.9 Å². The van der Waals surface area contributed by atoms with Gasteiger partial charge in [0.25, 0.3) is 0 Å². The monoisotopic (exact) mass is 398 g/mol. The van der Waals surface area contributed by atoms with Crippen LogP contribution in [-0.2, 0) is 14.3 Å². The van der Waals surface area contributed by atoms with Gasteiger partial charge in [-0.2, -0.15) is 0 Å². The molecular weight excluding hydrogens is 368 g/mol. The highest BCUT2D eigenvalue weighted by Gasteiger charge is 2.48. The van der Waals surface area contributed by atoms with E-state index in [9.17, 15) is 14.4 Å². The van der Waals surface area contributed by atoms with Crippen LogP contribution in [-0.4, -0.2) is 48.3 Å². The fraction of sp³-hybridized carbons (Fsp3) is 0.522. The predicted molar refractivity (Wildman–Crippen MR) is 112 cm³/mol. The van der Waals surface area contributed by atoms with Crippen molar-refractivity contribution in [1.82, 2.24) is 4.90 Å². The second kappa shape index (κ2) is 7.75. The van der Waals surface area contributed by atoms with Gasteiger partial charge >= 0.3 is 5.97 Å². The van der Waals surface area contributed by atoms with E-state index in [0.717, 1.165) is 12.1 Å². The number of Topliss-reactive ketones (excluding diaryl/α,β-unsaturated/α-hetero) is 1. The topological polar surface area (TPSA) is 75.7 Å². The molecule has 0 bridgehead atoms. The van der Waals surface area contributed by atoms with Gasteiger partial charge in [-0.25, -0.2) is 0 Å². The minimum atomic E-state index is -0.761. The number of hydrogen-bond donors (Lipinski definition) is 1. The first-order valence-electron chi connectivity index (χ1n) is 10.1. The van der Waals surface area contributed by atoms with Crippen molar-refractivity contribution in [1.29, 1.82) is 0 Å². The molecule has 0 radical (unpaired) electrons. The van der Waals surface area contributed by atoms with E-state index in [4.69, 9.17) is 4.74 Å². The van der Waals surface area contributed by atoms with Crippen molar-refractivity contribution in [2.75, 3.05) is 18.9 Å². The average Bonchev–Trinajstić information content (AvgIpc) is 2.65. The van der Waals surface area contributed by atoms with E-state index in [2.05, 4.69) is 23.7 Å². The van der Waals surface area contributed by atoms with Gasteiger partial charge in [0.2, 0.25) is 5.91 Å². The summed E-state index contributed by atoms with van der Waals surface area (Å²) in [6.07, 6.45) is 1.61. The van der Waals surface area contributed by atoms with E-state index < -0.39 is 5.41 Å². The number of ketones is 1. The zero-order valence-corrected chi connectivity index (χ0v) is 17.8. The van der Waals surface area contributed by atoms with Crippen LogP contribution in [0.3, 0.4) is 0 Å². The summed E-state index contributed by atoms with van der Waals surface area (Å²) in [5.74, 6) is -0.535. The number of fused-ring (bicyclic) bond motifs is 3. The normalized spacial score (nSPS) is 26.9. The first kappa shape index (κ1) is 21.2. The maximum atomic E-state index is 13.1. The Balaban J connectivity index is 2.07. The Labute approximate surface area is 172 Å². The molecular formula is C23H30N2O4. The van der Waals surface area contributed by atoms with E-state index in [-0.39, 0.29) is 41.6 Å². The van der Waals surface area contributed by atoms with Crippen molar-refractivity contribution in [3.05, 3.63) is 42.0 Å². The van der Waals surface area contributed by atoms with Gasteiger partial charge < -0.3 is 15.0 Å². The van der Waals surface area contributed by atoms with Crippen molar-refractivity contribution < 1.29 is 19.1 Å². The average molecular weight is 399 g/mol. The summed E-state index contributed by atoms with van der Waals surface area (Å²) in [5.41, 5.74) is 1.11. The zero-order chi connectivity index (χ0) is 21.5. The Morgan fingerprint density at radius 3 is 2.66 bits per heavy atom. The Bertz CT molecular complexity index is 860. The highest BCUT2D eigenvalue weighted by atomic mass is 16.5. The lowest BCUT2D eigenvalue weighted by Gasteiger charge is -2.49. The molecule has 0 aromatic heterocycles. The lowest BCUT2D eigenvalue weighted by Crippen LogP contribution is -2.56. The molecule has 6 nitrogen and oxygen atoms in total. The highest BCUT2D eigenvalue weighted by Crippen LogP contribution is 2.45. The van der Waals surface area contributed by atoms with Crippen molar-refractivity contribution in [3.63, 3.8) is 0 Å². The molecule has 0 spiro atoms. The molecule has 1 aliphatic heterocycles. The predicted octanol–water partition coefficient (Wildman–Crippen LogP) is 3.39. The SMILES string of the molecule is C=CC(C)(C)C(=O)Nc1cccc2c1C(=O)C[C@@H]1[C@H]2[C@H](OC(C)=O)[C@@H](C)CN1C. The molecule has 1 aliphatic carbocycles. The van der Waals surface area contributed by atoms with Gasteiger partial charge in [0, 0.05) is 43.3 Å². The third kappa shape index (κ3) is 3.86. The summed E-state index contributed by atoms with van der Waals surface area (Å²) in [6, 6.07) is 5.48. The van der Waals surface area contributed by atoms with Gasteiger partial charge in [0.15, 0.2) is 5.78 Å². The molecule has 1 heterocycles. The highest BCUT2D eigenvalue weighted by molar-refractivity contribution is 6.08. The number of likely N-dealkylation sites (N-methyl/N-ethyl adjacent to an activating group) is 1. The summed E-state index contributed by atoms with van der Waals surface area (Å²) in [5, 5.41) is 2.91. The summed E-state index contributed by atoms with van der Waals surface area (Å²) in [7, 11) is 2.01. The first-order valence-corrected chi connectivity index (χ1v) is 10.1. The lowest BCUT2D eigenvalue weighted by atomic mass is 9.69. The van der Waals surface area contributed by atoms with Crippen LogP contribution >= 0.6 is 0 Å². The third-order valence-electron chi connectivity index (χ3n) is 6.25. The molecule has 1 aromatic rings. The fourth-order valence-electron chi connectivity index (χ4n) is 4.52. The number of esters is 1. The molecule has 6 heteroatoms. The largest absolute Gasteiger partial charge is 0.462 e. The number of piperidine rings is 1. The second-order valence-corrected chi connectivity index (χ2v) is 8.86. The van der Waals surface area contributed by atoms with Gasteiger partial charge in [-0.05, 0) is 32.5 Å². The number of amides is 1. The third-order valence-corrected chi connectivity index (χ3v) is 6.25. The van der Waals surface area contributed by atoms with Crippen LogP contribution < -0.4 is 5.32 Å². The second-order valence-electron chi connectivity index (χ2n) is 8.86. The number of carbonyl (C=O) groups excluding carboxylic acids is 3.